The Bertz CT molecular complexity index is 732. The van der Waals surface area contributed by atoms with Gasteiger partial charge >= 0.3 is 17.9 Å². The Morgan fingerprint density at radius 2 is 1.45 bits per heavy atom. The first-order valence-corrected chi connectivity index (χ1v) is 6.39. The van der Waals surface area contributed by atoms with Gasteiger partial charge in [-0.1, -0.05) is 42.5 Å². The number of hydrogen-bond acceptors (Lipinski definition) is 4. The molecule has 0 aliphatic heterocycles. The highest BCUT2D eigenvalue weighted by atomic mass is 16.6. The van der Waals surface area contributed by atoms with Crippen molar-refractivity contribution >= 4 is 24.0 Å². The smallest absolute Gasteiger partial charge is 0.346 e. The van der Waals surface area contributed by atoms with Crippen molar-refractivity contribution in [2.75, 3.05) is 0 Å². The lowest BCUT2D eigenvalue weighted by molar-refractivity contribution is -0.132. The summed E-state index contributed by atoms with van der Waals surface area (Å²) >= 11 is 0. The van der Waals surface area contributed by atoms with Crippen LogP contribution in [0.4, 0.5) is 0 Å². The van der Waals surface area contributed by atoms with Crippen molar-refractivity contribution in [3.63, 3.8) is 0 Å². The lowest BCUT2D eigenvalue weighted by Gasteiger charge is -2.03. The summed E-state index contributed by atoms with van der Waals surface area (Å²) in [5.41, 5.74) is 0.390. The van der Waals surface area contributed by atoms with Gasteiger partial charge in [0, 0.05) is 6.08 Å². The van der Waals surface area contributed by atoms with Gasteiger partial charge in [0.2, 0.25) is 0 Å². The fourth-order valence-corrected chi connectivity index (χ4v) is 1.76. The standard InChI is InChI=1S/C17H12O5/c18-15(11-10-12-6-2-1-3-7-12)22-17(21)14-9-5-4-8-13(14)16(19)20/h1-11H,(H,19,20). The van der Waals surface area contributed by atoms with Crippen molar-refractivity contribution < 1.29 is 24.2 Å². The molecule has 5 heteroatoms. The van der Waals surface area contributed by atoms with Crippen molar-refractivity contribution in [1.82, 2.24) is 0 Å². The third-order valence-electron chi connectivity index (χ3n) is 2.78. The van der Waals surface area contributed by atoms with E-state index in [9.17, 15) is 14.4 Å². The zero-order valence-electron chi connectivity index (χ0n) is 11.4. The molecule has 0 spiro atoms. The molecule has 2 aromatic carbocycles. The van der Waals surface area contributed by atoms with E-state index in [0.29, 0.717) is 0 Å². The average molecular weight is 296 g/mol. The van der Waals surface area contributed by atoms with Gasteiger partial charge in [0.25, 0.3) is 0 Å². The van der Waals surface area contributed by atoms with Crippen molar-refractivity contribution in [1.29, 1.82) is 0 Å². The maximum atomic E-state index is 11.9. The van der Waals surface area contributed by atoms with Crippen LogP contribution >= 0.6 is 0 Å². The Balaban J connectivity index is 2.08. The molecule has 0 aliphatic rings. The Labute approximate surface area is 126 Å². The molecule has 0 radical (unpaired) electrons. The number of aromatic carboxylic acids is 1. The molecular weight excluding hydrogens is 284 g/mol. The second kappa shape index (κ2) is 6.99. The summed E-state index contributed by atoms with van der Waals surface area (Å²) in [6, 6.07) is 14.5. The molecule has 0 saturated heterocycles. The maximum absolute atomic E-state index is 11.9. The van der Waals surface area contributed by atoms with E-state index in [-0.39, 0.29) is 11.1 Å². The summed E-state index contributed by atoms with van der Waals surface area (Å²) in [4.78, 5) is 34.5. The first-order chi connectivity index (χ1) is 10.6. The van der Waals surface area contributed by atoms with E-state index in [1.807, 2.05) is 6.07 Å². The fraction of sp³-hybridized carbons (Fsp3) is 0. The number of carboxylic acids is 1. The second-order valence-electron chi connectivity index (χ2n) is 4.30. The van der Waals surface area contributed by atoms with E-state index in [4.69, 9.17) is 5.11 Å². The normalized spacial score (nSPS) is 10.4. The quantitative estimate of drug-likeness (QED) is 0.533. The summed E-state index contributed by atoms with van der Waals surface area (Å²) in [6.07, 6.45) is 2.61. The van der Waals surface area contributed by atoms with Gasteiger partial charge in [0.1, 0.15) is 0 Å². The number of esters is 2. The third-order valence-corrected chi connectivity index (χ3v) is 2.78. The van der Waals surface area contributed by atoms with Crippen LogP contribution in [0.5, 0.6) is 0 Å². The molecule has 0 atom stereocenters. The SMILES string of the molecule is O=C(C=Cc1ccccc1)OC(=O)c1ccccc1C(=O)O. The predicted molar refractivity (Wildman–Crippen MR) is 79.3 cm³/mol. The highest BCUT2D eigenvalue weighted by molar-refractivity contribution is 6.07. The lowest BCUT2D eigenvalue weighted by Crippen LogP contribution is -2.14. The van der Waals surface area contributed by atoms with Crippen LogP contribution in [0.2, 0.25) is 0 Å². The van der Waals surface area contributed by atoms with Crippen LogP contribution in [-0.2, 0) is 9.53 Å². The molecule has 22 heavy (non-hydrogen) atoms. The summed E-state index contributed by atoms with van der Waals surface area (Å²) in [7, 11) is 0. The zero-order chi connectivity index (χ0) is 15.9. The van der Waals surface area contributed by atoms with Gasteiger partial charge in [-0.25, -0.2) is 14.4 Å². The van der Waals surface area contributed by atoms with E-state index in [1.165, 1.54) is 30.3 Å². The number of hydrogen-bond donors (Lipinski definition) is 1. The van der Waals surface area contributed by atoms with Crippen molar-refractivity contribution in [2.45, 2.75) is 0 Å². The van der Waals surface area contributed by atoms with Crippen LogP contribution in [-0.4, -0.2) is 23.0 Å². The monoisotopic (exact) mass is 296 g/mol. The first-order valence-electron chi connectivity index (χ1n) is 6.39. The van der Waals surface area contributed by atoms with Gasteiger partial charge in [-0.05, 0) is 23.8 Å². The molecule has 0 saturated carbocycles. The molecule has 0 aliphatic carbocycles. The topological polar surface area (TPSA) is 80.7 Å². The van der Waals surface area contributed by atoms with Gasteiger partial charge in [0.05, 0.1) is 11.1 Å². The van der Waals surface area contributed by atoms with Crippen LogP contribution < -0.4 is 0 Å². The number of carbonyl (C=O) groups is 3. The number of benzene rings is 2. The van der Waals surface area contributed by atoms with Gasteiger partial charge < -0.3 is 9.84 Å². The van der Waals surface area contributed by atoms with Gasteiger partial charge in [-0.3, -0.25) is 0 Å². The summed E-state index contributed by atoms with van der Waals surface area (Å²) in [6.45, 7) is 0. The highest BCUT2D eigenvalue weighted by Gasteiger charge is 2.18. The van der Waals surface area contributed by atoms with Crippen molar-refractivity contribution in [3.05, 3.63) is 77.4 Å². The molecule has 0 bridgehead atoms. The van der Waals surface area contributed by atoms with Gasteiger partial charge in [-0.2, -0.15) is 0 Å². The molecule has 1 N–H and O–H groups in total. The maximum Gasteiger partial charge on any atom is 0.346 e. The Hall–Kier alpha value is -3.21. The molecule has 110 valence electrons. The van der Waals surface area contributed by atoms with Crippen LogP contribution in [0.15, 0.2) is 60.7 Å². The Morgan fingerprint density at radius 1 is 0.864 bits per heavy atom. The van der Waals surface area contributed by atoms with Crippen LogP contribution in [0.3, 0.4) is 0 Å². The number of ether oxygens (including phenoxy) is 1. The molecule has 2 rings (SSSR count). The highest BCUT2D eigenvalue weighted by Crippen LogP contribution is 2.11. The summed E-state index contributed by atoms with van der Waals surface area (Å²) < 4.78 is 4.62. The van der Waals surface area contributed by atoms with E-state index in [1.54, 1.807) is 24.3 Å². The van der Waals surface area contributed by atoms with Crippen molar-refractivity contribution in [2.24, 2.45) is 0 Å². The molecule has 0 aromatic heterocycles. The molecule has 2 aromatic rings. The second-order valence-corrected chi connectivity index (χ2v) is 4.30. The van der Waals surface area contributed by atoms with Crippen LogP contribution in [0, 0.1) is 0 Å². The minimum absolute atomic E-state index is 0.170. The Kier molecular flexibility index (Phi) is 4.82. The molecular formula is C17H12O5. The summed E-state index contributed by atoms with van der Waals surface area (Å²) in [5.74, 6) is -3.13. The van der Waals surface area contributed by atoms with Gasteiger partial charge in [0.15, 0.2) is 0 Å². The van der Waals surface area contributed by atoms with E-state index >= 15 is 0 Å². The molecule has 5 nitrogen and oxygen atoms in total. The molecule has 0 heterocycles. The van der Waals surface area contributed by atoms with Gasteiger partial charge in [-0.15, -0.1) is 0 Å². The predicted octanol–water partition coefficient (Wildman–Crippen LogP) is 2.78. The number of rotatable bonds is 4. The van der Waals surface area contributed by atoms with Crippen LogP contribution in [0.1, 0.15) is 26.3 Å². The number of carboxylic acid groups (broad SMARTS) is 1. The average Bonchev–Trinajstić information content (AvgIpc) is 2.54. The first kappa shape index (κ1) is 15.2. The van der Waals surface area contributed by atoms with Crippen LogP contribution in [0.25, 0.3) is 6.08 Å². The van der Waals surface area contributed by atoms with Crippen molar-refractivity contribution in [3.8, 4) is 0 Å². The molecule has 0 fully saturated rings. The minimum Gasteiger partial charge on any atom is -0.478 e. The summed E-state index contributed by atoms with van der Waals surface area (Å²) in [5, 5.41) is 8.99. The largest absolute Gasteiger partial charge is 0.478 e. The van der Waals surface area contributed by atoms with E-state index in [2.05, 4.69) is 4.74 Å². The fourth-order valence-electron chi connectivity index (χ4n) is 1.76. The molecule has 0 unspecified atom stereocenters. The Morgan fingerprint density at radius 3 is 2.09 bits per heavy atom. The van der Waals surface area contributed by atoms with E-state index in [0.717, 1.165) is 11.6 Å². The molecule has 0 amide bonds. The van der Waals surface area contributed by atoms with E-state index < -0.39 is 17.9 Å². The zero-order valence-corrected chi connectivity index (χ0v) is 11.4. The number of carbonyl (C=O) groups excluding carboxylic acids is 2. The minimum atomic E-state index is -1.26. The lowest BCUT2D eigenvalue weighted by atomic mass is 10.1. The third kappa shape index (κ3) is 3.89.